The van der Waals surface area contributed by atoms with Crippen molar-refractivity contribution in [1.29, 1.82) is 0 Å². The number of amides is 1. The highest BCUT2D eigenvalue weighted by Crippen LogP contribution is 2.28. The number of fused-ring (bicyclic) bond motifs is 1. The summed E-state index contributed by atoms with van der Waals surface area (Å²) in [5.41, 5.74) is 2.91. The Kier molecular flexibility index (Phi) is 6.75. The Hall–Kier alpha value is -3.74. The van der Waals surface area contributed by atoms with E-state index in [0.29, 0.717) is 13.1 Å². The molecule has 1 saturated heterocycles. The van der Waals surface area contributed by atoms with Gasteiger partial charge in [-0.3, -0.25) is 4.79 Å². The highest BCUT2D eigenvalue weighted by molar-refractivity contribution is 5.88. The smallest absolute Gasteiger partial charge is 0.230 e. The Morgan fingerprint density at radius 1 is 0.914 bits per heavy atom. The van der Waals surface area contributed by atoms with Crippen LogP contribution in [0.3, 0.4) is 0 Å². The lowest BCUT2D eigenvalue weighted by Gasteiger charge is -2.37. The van der Waals surface area contributed by atoms with Gasteiger partial charge in [0.05, 0.1) is 23.2 Å². The first-order chi connectivity index (χ1) is 17.2. The van der Waals surface area contributed by atoms with E-state index in [0.717, 1.165) is 66.3 Å². The van der Waals surface area contributed by atoms with Crippen molar-refractivity contribution in [1.82, 2.24) is 24.6 Å². The number of piperazine rings is 1. The first-order valence-corrected chi connectivity index (χ1v) is 12.6. The van der Waals surface area contributed by atoms with Gasteiger partial charge in [-0.2, -0.15) is 5.10 Å². The molecule has 0 spiro atoms. The number of hydrogen-bond acceptors (Lipinski definition) is 5. The SMILES string of the molecule is CCCc1nc(N2CCN(C(=O)C(CC)c3ccccc3)CC2)c2cnn(-c3ccccc3)c2n1. The van der Waals surface area contributed by atoms with Crippen LogP contribution in [0, 0.1) is 0 Å². The third-order valence-corrected chi connectivity index (χ3v) is 6.73. The van der Waals surface area contributed by atoms with Gasteiger partial charge in [0.15, 0.2) is 5.65 Å². The summed E-state index contributed by atoms with van der Waals surface area (Å²) in [6.07, 6.45) is 4.46. The quantitative estimate of drug-likeness (QED) is 0.396. The van der Waals surface area contributed by atoms with Gasteiger partial charge in [0.2, 0.25) is 5.91 Å². The molecule has 1 amide bonds. The van der Waals surface area contributed by atoms with E-state index >= 15 is 0 Å². The maximum Gasteiger partial charge on any atom is 0.230 e. The van der Waals surface area contributed by atoms with Crippen molar-refractivity contribution in [2.24, 2.45) is 0 Å². The summed E-state index contributed by atoms with van der Waals surface area (Å²) < 4.78 is 1.89. The zero-order chi connectivity index (χ0) is 24.2. The molecule has 7 heteroatoms. The molecular formula is C28H32N6O. The highest BCUT2D eigenvalue weighted by atomic mass is 16.2. The lowest BCUT2D eigenvalue weighted by atomic mass is 9.95. The van der Waals surface area contributed by atoms with Gasteiger partial charge in [-0.25, -0.2) is 14.6 Å². The maximum absolute atomic E-state index is 13.4. The van der Waals surface area contributed by atoms with Crippen LogP contribution < -0.4 is 4.90 Å². The molecule has 2 aromatic carbocycles. The van der Waals surface area contributed by atoms with Crippen LogP contribution in [-0.4, -0.2) is 56.7 Å². The van der Waals surface area contributed by atoms with Crippen LogP contribution in [0.2, 0.25) is 0 Å². The number of anilines is 1. The Morgan fingerprint density at radius 3 is 2.26 bits per heavy atom. The lowest BCUT2D eigenvalue weighted by molar-refractivity contribution is -0.133. The zero-order valence-electron chi connectivity index (χ0n) is 20.5. The standard InChI is InChI=1S/C28H32N6O/c1-3-11-25-30-26(24-20-29-34(27(24)31-25)22-14-9-6-10-15-22)32-16-18-33(19-17-32)28(35)23(4-2)21-12-7-5-8-13-21/h5-10,12-15,20,23H,3-4,11,16-19H2,1-2H3. The van der Waals surface area contributed by atoms with Crippen molar-refractivity contribution >= 4 is 22.8 Å². The Balaban J connectivity index is 1.40. The van der Waals surface area contributed by atoms with E-state index in [9.17, 15) is 4.79 Å². The van der Waals surface area contributed by atoms with Crippen molar-refractivity contribution < 1.29 is 4.79 Å². The summed E-state index contributed by atoms with van der Waals surface area (Å²) in [7, 11) is 0. The number of rotatable bonds is 7. The minimum absolute atomic E-state index is 0.0891. The fourth-order valence-corrected chi connectivity index (χ4v) is 4.87. The molecule has 1 aliphatic heterocycles. The Morgan fingerprint density at radius 2 is 1.60 bits per heavy atom. The summed E-state index contributed by atoms with van der Waals surface area (Å²) in [5.74, 6) is 1.88. The summed E-state index contributed by atoms with van der Waals surface area (Å²) in [4.78, 5) is 27.5. The van der Waals surface area contributed by atoms with Gasteiger partial charge in [-0.05, 0) is 30.5 Å². The lowest BCUT2D eigenvalue weighted by Crippen LogP contribution is -2.50. The van der Waals surface area contributed by atoms with Gasteiger partial charge in [0.25, 0.3) is 0 Å². The second kappa shape index (κ2) is 10.3. The number of aryl methyl sites for hydroxylation is 1. The topological polar surface area (TPSA) is 67.2 Å². The Labute approximate surface area is 206 Å². The summed E-state index contributed by atoms with van der Waals surface area (Å²) in [6, 6.07) is 20.2. The largest absolute Gasteiger partial charge is 0.352 e. The average Bonchev–Trinajstić information content (AvgIpc) is 3.34. The minimum atomic E-state index is -0.0891. The van der Waals surface area contributed by atoms with E-state index in [1.807, 2.05) is 64.3 Å². The highest BCUT2D eigenvalue weighted by Gasteiger charge is 2.29. The van der Waals surface area contributed by atoms with Crippen LogP contribution in [0.15, 0.2) is 66.9 Å². The first kappa shape index (κ1) is 23.0. The summed E-state index contributed by atoms with van der Waals surface area (Å²) in [6.45, 7) is 7.08. The number of para-hydroxylation sites is 1. The fraction of sp³-hybridized carbons (Fsp3) is 0.357. The molecule has 0 saturated carbocycles. The second-order valence-corrected chi connectivity index (χ2v) is 9.03. The number of hydrogen-bond donors (Lipinski definition) is 0. The molecule has 4 aromatic rings. The molecule has 0 aliphatic carbocycles. The molecule has 35 heavy (non-hydrogen) atoms. The van der Waals surface area contributed by atoms with E-state index in [4.69, 9.17) is 9.97 Å². The van der Waals surface area contributed by atoms with Crippen LogP contribution >= 0.6 is 0 Å². The second-order valence-electron chi connectivity index (χ2n) is 9.03. The van der Waals surface area contributed by atoms with Gasteiger partial charge < -0.3 is 9.80 Å². The van der Waals surface area contributed by atoms with Gasteiger partial charge in [0.1, 0.15) is 11.6 Å². The fourth-order valence-electron chi connectivity index (χ4n) is 4.87. The number of benzene rings is 2. The molecular weight excluding hydrogens is 436 g/mol. The first-order valence-electron chi connectivity index (χ1n) is 12.6. The van der Waals surface area contributed by atoms with Crippen LogP contribution in [0.25, 0.3) is 16.7 Å². The van der Waals surface area contributed by atoms with Crippen molar-refractivity contribution in [3.8, 4) is 5.69 Å². The molecule has 1 fully saturated rings. The van der Waals surface area contributed by atoms with Crippen molar-refractivity contribution in [2.75, 3.05) is 31.1 Å². The molecule has 1 aliphatic rings. The Bertz CT molecular complexity index is 1280. The predicted octanol–water partition coefficient (Wildman–Crippen LogP) is 4.61. The van der Waals surface area contributed by atoms with E-state index in [2.05, 4.69) is 36.0 Å². The summed E-state index contributed by atoms with van der Waals surface area (Å²) >= 11 is 0. The molecule has 0 radical (unpaired) electrons. The number of carbonyl (C=O) groups is 1. The number of nitrogens with zero attached hydrogens (tertiary/aromatic N) is 6. The monoisotopic (exact) mass is 468 g/mol. The normalized spacial score (nSPS) is 14.9. The molecule has 2 aromatic heterocycles. The third kappa shape index (κ3) is 4.63. The molecule has 0 N–H and O–H groups in total. The maximum atomic E-state index is 13.4. The van der Waals surface area contributed by atoms with Gasteiger partial charge in [-0.1, -0.05) is 62.4 Å². The molecule has 0 bridgehead atoms. The van der Waals surface area contributed by atoms with E-state index < -0.39 is 0 Å². The molecule has 5 rings (SSSR count). The van der Waals surface area contributed by atoms with Crippen LogP contribution in [0.4, 0.5) is 5.82 Å². The zero-order valence-corrected chi connectivity index (χ0v) is 20.5. The van der Waals surface area contributed by atoms with Crippen molar-refractivity contribution in [3.05, 3.63) is 78.2 Å². The molecule has 7 nitrogen and oxygen atoms in total. The van der Waals surface area contributed by atoms with Crippen molar-refractivity contribution in [2.45, 2.75) is 39.0 Å². The van der Waals surface area contributed by atoms with Gasteiger partial charge in [-0.15, -0.1) is 0 Å². The number of aromatic nitrogens is 4. The molecule has 3 heterocycles. The van der Waals surface area contributed by atoms with Gasteiger partial charge in [0, 0.05) is 32.6 Å². The van der Waals surface area contributed by atoms with Crippen LogP contribution in [0.5, 0.6) is 0 Å². The van der Waals surface area contributed by atoms with Crippen molar-refractivity contribution in [3.63, 3.8) is 0 Å². The van der Waals surface area contributed by atoms with E-state index in [-0.39, 0.29) is 11.8 Å². The summed E-state index contributed by atoms with van der Waals surface area (Å²) in [5, 5.41) is 5.60. The molecule has 180 valence electrons. The number of carbonyl (C=O) groups excluding carboxylic acids is 1. The average molecular weight is 469 g/mol. The predicted molar refractivity (Wildman–Crippen MR) is 139 cm³/mol. The van der Waals surface area contributed by atoms with Gasteiger partial charge >= 0.3 is 0 Å². The molecule has 1 atom stereocenters. The van der Waals surface area contributed by atoms with Crippen LogP contribution in [0.1, 0.15) is 44.0 Å². The molecule has 1 unspecified atom stereocenters. The van der Waals surface area contributed by atoms with Crippen LogP contribution in [-0.2, 0) is 11.2 Å². The van der Waals surface area contributed by atoms with E-state index in [1.165, 1.54) is 0 Å². The third-order valence-electron chi connectivity index (χ3n) is 6.73. The van der Waals surface area contributed by atoms with E-state index in [1.54, 1.807) is 0 Å². The minimum Gasteiger partial charge on any atom is -0.352 e.